The van der Waals surface area contributed by atoms with Gasteiger partial charge in [0, 0.05) is 29.3 Å². The third kappa shape index (κ3) is 6.11. The van der Waals surface area contributed by atoms with E-state index in [0.29, 0.717) is 30.9 Å². The van der Waals surface area contributed by atoms with Gasteiger partial charge in [0.05, 0.1) is 37.2 Å². The number of hydrogen-bond donors (Lipinski definition) is 1. The van der Waals surface area contributed by atoms with E-state index in [1.807, 2.05) is 77.1 Å². The summed E-state index contributed by atoms with van der Waals surface area (Å²) in [4.78, 5) is 49.4. The molecule has 2 bridgehead atoms. The smallest absolute Gasteiger partial charge is 0.253 e. The third-order valence-electron chi connectivity index (χ3n) is 9.92. The minimum absolute atomic E-state index is 0.132. The summed E-state index contributed by atoms with van der Waals surface area (Å²) in [7, 11) is 0. The molecule has 1 spiro atoms. The molecule has 3 aliphatic heterocycles. The van der Waals surface area contributed by atoms with Gasteiger partial charge in [0.2, 0.25) is 11.8 Å². The van der Waals surface area contributed by atoms with Crippen molar-refractivity contribution in [3.8, 4) is 5.75 Å². The fraction of sp³-hybridized carbons (Fsp3) is 0.500. The zero-order valence-corrected chi connectivity index (χ0v) is 30.2. The Labute approximate surface area is 292 Å². The Kier molecular flexibility index (Phi) is 10.9. The molecule has 3 fully saturated rings. The van der Waals surface area contributed by atoms with Crippen molar-refractivity contribution >= 4 is 45.0 Å². The number of halogens is 1. The Balaban J connectivity index is 1.63. The molecule has 7 atom stereocenters. The van der Waals surface area contributed by atoms with Crippen molar-refractivity contribution in [3.63, 3.8) is 0 Å². The molecule has 2 aromatic rings. The molecule has 258 valence electrons. The number of hydrogen-bond acceptors (Lipinski definition) is 6. The predicted octanol–water partition coefficient (Wildman–Crippen LogP) is 5.60. The summed E-state index contributed by atoms with van der Waals surface area (Å²) in [6.45, 7) is 18.3. The van der Waals surface area contributed by atoms with Crippen LogP contribution in [0.25, 0.3) is 0 Å². The number of aliphatic hydroxyl groups is 1. The van der Waals surface area contributed by atoms with Crippen LogP contribution in [-0.4, -0.2) is 82.6 Å². The standard InChI is InChI=1S/C38H48BrN3O6/c1-8-18-40(26-14-16-28(17-15-26)47-10-3)35(44)30-31-36(45)42(27(22-43)20-23(4)5)34(38(31)21-29(39)33(30)48-38)37(46)41(19-9-2)32-24(6)12-11-13-25(32)7/h8-9,11-17,23,27,29-31,33-34,43H,1-2,10,18-22H2,3-7H3/t27-,29?,30-,31+,33-,34?,38?/m1/s1. The minimum Gasteiger partial charge on any atom is -0.494 e. The molecule has 9 nitrogen and oxygen atoms in total. The zero-order chi connectivity index (χ0) is 34.9. The molecule has 48 heavy (non-hydrogen) atoms. The van der Waals surface area contributed by atoms with Crippen molar-refractivity contribution in [1.82, 2.24) is 4.90 Å². The number of carbonyl (C=O) groups is 3. The van der Waals surface area contributed by atoms with E-state index in [1.54, 1.807) is 26.9 Å². The Hall–Kier alpha value is -3.47. The fourth-order valence-corrected chi connectivity index (χ4v) is 9.11. The summed E-state index contributed by atoms with van der Waals surface area (Å²) in [5.41, 5.74) is 1.93. The van der Waals surface area contributed by atoms with Gasteiger partial charge in [-0.05, 0) is 74.9 Å². The van der Waals surface area contributed by atoms with Crippen molar-refractivity contribution in [2.45, 2.75) is 76.1 Å². The summed E-state index contributed by atoms with van der Waals surface area (Å²) in [6, 6.07) is 11.4. The van der Waals surface area contributed by atoms with Crippen LogP contribution in [0.15, 0.2) is 67.8 Å². The number of likely N-dealkylation sites (tertiary alicyclic amines) is 1. The Morgan fingerprint density at radius 3 is 2.27 bits per heavy atom. The van der Waals surface area contributed by atoms with Gasteiger partial charge >= 0.3 is 0 Å². The van der Waals surface area contributed by atoms with E-state index < -0.39 is 35.6 Å². The number of fused-ring (bicyclic) bond motifs is 1. The molecule has 10 heteroatoms. The molecule has 0 aromatic heterocycles. The number of ether oxygens (including phenoxy) is 2. The van der Waals surface area contributed by atoms with E-state index in [-0.39, 0.29) is 48.2 Å². The molecule has 3 unspecified atom stereocenters. The van der Waals surface area contributed by atoms with Crippen LogP contribution >= 0.6 is 15.9 Å². The molecule has 3 saturated heterocycles. The van der Waals surface area contributed by atoms with Crippen molar-refractivity contribution in [2.75, 3.05) is 36.1 Å². The summed E-state index contributed by atoms with van der Waals surface area (Å²) < 4.78 is 12.5. The normalized spacial score (nSPS) is 26.4. The summed E-state index contributed by atoms with van der Waals surface area (Å²) in [5.74, 6) is -1.89. The van der Waals surface area contributed by atoms with Gasteiger partial charge in [-0.1, -0.05) is 60.1 Å². The number of amides is 3. The molecule has 3 heterocycles. The van der Waals surface area contributed by atoms with Crippen molar-refractivity contribution in [2.24, 2.45) is 17.8 Å². The molecule has 3 aliphatic rings. The lowest BCUT2D eigenvalue weighted by atomic mass is 9.70. The van der Waals surface area contributed by atoms with E-state index >= 15 is 4.79 Å². The lowest BCUT2D eigenvalue weighted by Gasteiger charge is -2.40. The van der Waals surface area contributed by atoms with Gasteiger partial charge in [0.25, 0.3) is 5.91 Å². The summed E-state index contributed by atoms with van der Waals surface area (Å²) in [6.07, 6.45) is 3.54. The summed E-state index contributed by atoms with van der Waals surface area (Å²) >= 11 is 3.80. The van der Waals surface area contributed by atoms with Crippen LogP contribution in [-0.2, 0) is 19.1 Å². The highest BCUT2D eigenvalue weighted by atomic mass is 79.9. The lowest BCUT2D eigenvalue weighted by Crippen LogP contribution is -2.59. The van der Waals surface area contributed by atoms with Crippen LogP contribution in [0, 0.1) is 31.6 Å². The van der Waals surface area contributed by atoms with Crippen molar-refractivity contribution < 1.29 is 29.0 Å². The van der Waals surface area contributed by atoms with Crippen LogP contribution in [0.5, 0.6) is 5.75 Å². The first-order valence-corrected chi connectivity index (χ1v) is 17.8. The second-order valence-electron chi connectivity index (χ2n) is 13.5. The van der Waals surface area contributed by atoms with Crippen LogP contribution in [0.3, 0.4) is 0 Å². The Morgan fingerprint density at radius 2 is 1.71 bits per heavy atom. The molecular formula is C38H48BrN3O6. The van der Waals surface area contributed by atoms with Crippen molar-refractivity contribution in [1.29, 1.82) is 0 Å². The van der Waals surface area contributed by atoms with Gasteiger partial charge in [0.1, 0.15) is 17.4 Å². The molecule has 0 aliphatic carbocycles. The highest BCUT2D eigenvalue weighted by Crippen LogP contribution is 2.61. The molecule has 2 aromatic carbocycles. The van der Waals surface area contributed by atoms with E-state index in [2.05, 4.69) is 29.1 Å². The van der Waals surface area contributed by atoms with Gasteiger partial charge < -0.3 is 29.3 Å². The molecule has 3 amide bonds. The fourth-order valence-electron chi connectivity index (χ4n) is 8.16. The lowest BCUT2D eigenvalue weighted by molar-refractivity contribution is -0.144. The van der Waals surface area contributed by atoms with E-state index in [0.717, 1.165) is 16.8 Å². The Morgan fingerprint density at radius 1 is 1.08 bits per heavy atom. The first kappa shape index (κ1) is 35.8. The maximum absolute atomic E-state index is 15.1. The predicted molar refractivity (Wildman–Crippen MR) is 192 cm³/mol. The van der Waals surface area contributed by atoms with Crippen LogP contribution in [0.2, 0.25) is 0 Å². The molecule has 5 rings (SSSR count). The van der Waals surface area contributed by atoms with Gasteiger partial charge in [-0.15, -0.1) is 13.2 Å². The number of carbonyl (C=O) groups excluding carboxylic acids is 3. The monoisotopic (exact) mass is 721 g/mol. The number of para-hydroxylation sites is 1. The number of aryl methyl sites for hydroxylation is 2. The molecule has 0 saturated carbocycles. The molecule has 0 radical (unpaired) electrons. The number of rotatable bonds is 14. The van der Waals surface area contributed by atoms with Gasteiger partial charge in [-0.25, -0.2) is 0 Å². The van der Waals surface area contributed by atoms with Gasteiger partial charge in [-0.3, -0.25) is 14.4 Å². The average molecular weight is 723 g/mol. The minimum atomic E-state index is -1.29. The summed E-state index contributed by atoms with van der Waals surface area (Å²) in [5, 5.41) is 10.7. The number of alkyl halides is 1. The van der Waals surface area contributed by atoms with E-state index in [9.17, 15) is 14.7 Å². The quantitative estimate of drug-likeness (QED) is 0.202. The molecular weight excluding hydrogens is 674 g/mol. The first-order chi connectivity index (χ1) is 22.9. The van der Waals surface area contributed by atoms with E-state index in [4.69, 9.17) is 9.47 Å². The second kappa shape index (κ2) is 14.6. The average Bonchev–Trinajstić information content (AvgIpc) is 3.65. The number of nitrogens with zero attached hydrogens (tertiary/aromatic N) is 3. The van der Waals surface area contributed by atoms with Gasteiger partial charge in [-0.2, -0.15) is 0 Å². The van der Waals surface area contributed by atoms with Crippen LogP contribution in [0.4, 0.5) is 11.4 Å². The third-order valence-corrected chi connectivity index (χ3v) is 10.8. The number of anilines is 2. The zero-order valence-electron chi connectivity index (χ0n) is 28.6. The van der Waals surface area contributed by atoms with Crippen molar-refractivity contribution in [3.05, 3.63) is 78.9 Å². The second-order valence-corrected chi connectivity index (χ2v) is 14.7. The molecule has 1 N–H and O–H groups in total. The van der Waals surface area contributed by atoms with E-state index in [1.165, 1.54) is 0 Å². The topological polar surface area (TPSA) is 99.6 Å². The van der Waals surface area contributed by atoms with Gasteiger partial charge in [0.15, 0.2) is 0 Å². The number of benzene rings is 2. The van der Waals surface area contributed by atoms with Crippen LogP contribution in [0.1, 0.15) is 44.7 Å². The highest BCUT2D eigenvalue weighted by molar-refractivity contribution is 9.09. The van der Waals surface area contributed by atoms with Crippen LogP contribution < -0.4 is 14.5 Å². The highest BCUT2D eigenvalue weighted by Gasteiger charge is 2.77. The maximum Gasteiger partial charge on any atom is 0.253 e. The Bertz CT molecular complexity index is 1530. The SMILES string of the molecule is C=CCN(C(=O)[C@H]1[C@@H]2OC3(CC2Br)C(C(=O)N(CC=C)c2c(C)cccc2C)N([C@@H](CO)CC(C)C)C(=O)[C@H]13)c1ccc(OCC)cc1. The largest absolute Gasteiger partial charge is 0.494 e. The maximum atomic E-state index is 15.1. The first-order valence-electron chi connectivity index (χ1n) is 16.8. The number of aliphatic hydroxyl groups excluding tert-OH is 1.